The number of benzene rings is 1. The minimum Gasteiger partial charge on any atom is -0.234 e. The van der Waals surface area contributed by atoms with Crippen LogP contribution >= 0.6 is 11.3 Å². The largest absolute Gasteiger partial charge is 0.234 e. The van der Waals surface area contributed by atoms with E-state index >= 15 is 0 Å². The van der Waals surface area contributed by atoms with Crippen molar-refractivity contribution in [2.45, 2.75) is 20.0 Å². The van der Waals surface area contributed by atoms with Gasteiger partial charge in [0.15, 0.2) is 37.9 Å². The first-order valence-corrected chi connectivity index (χ1v) is 9.53. The smallest absolute Gasteiger partial charge is 0.191 e. The van der Waals surface area contributed by atoms with Gasteiger partial charge in [0.2, 0.25) is 0 Å². The highest BCUT2D eigenvalue weighted by atomic mass is 32.1. The maximum atomic E-state index is 4.99. The molecule has 0 saturated heterocycles. The van der Waals surface area contributed by atoms with Crippen LogP contribution in [-0.2, 0) is 13.1 Å². The Bertz CT molecular complexity index is 918. The molecule has 1 aromatic carbocycles. The van der Waals surface area contributed by atoms with Crippen LogP contribution in [0.5, 0.6) is 0 Å². The first-order chi connectivity index (χ1) is 12.8. The predicted molar refractivity (Wildman–Crippen MR) is 104 cm³/mol. The van der Waals surface area contributed by atoms with Gasteiger partial charge in [-0.05, 0) is 6.92 Å². The highest BCUT2D eigenvalue weighted by Gasteiger charge is 2.19. The zero-order valence-electron chi connectivity index (χ0n) is 14.7. The third kappa shape index (κ3) is 3.86. The lowest BCUT2D eigenvalue weighted by molar-refractivity contribution is -0.693. The Kier molecular flexibility index (Phi) is 4.84. The molecule has 4 aromatic rings. The van der Waals surface area contributed by atoms with Crippen LogP contribution < -0.4 is 9.13 Å². The van der Waals surface area contributed by atoms with Gasteiger partial charge in [-0.25, -0.2) is 4.98 Å². The summed E-state index contributed by atoms with van der Waals surface area (Å²) in [6, 6.07) is 20.9. The van der Waals surface area contributed by atoms with Gasteiger partial charge in [0, 0.05) is 29.8 Å². The van der Waals surface area contributed by atoms with E-state index in [1.165, 1.54) is 16.0 Å². The molecule has 128 valence electrons. The van der Waals surface area contributed by atoms with E-state index in [0.717, 1.165) is 23.8 Å². The van der Waals surface area contributed by atoms with Crippen molar-refractivity contribution in [2.24, 2.45) is 0 Å². The van der Waals surface area contributed by atoms with E-state index in [1.54, 1.807) is 11.3 Å². The van der Waals surface area contributed by atoms with Gasteiger partial charge >= 0.3 is 0 Å². The van der Waals surface area contributed by atoms with Gasteiger partial charge in [-0.1, -0.05) is 42.0 Å². The van der Waals surface area contributed by atoms with Gasteiger partial charge in [-0.3, -0.25) is 0 Å². The predicted octanol–water partition coefficient (Wildman–Crippen LogP) is 3.79. The van der Waals surface area contributed by atoms with E-state index in [9.17, 15) is 0 Å². The fraction of sp³-hybridized carbons (Fsp3) is 0.136. The molecule has 0 atom stereocenters. The normalized spacial score (nSPS) is 10.8. The van der Waals surface area contributed by atoms with Gasteiger partial charge < -0.3 is 0 Å². The molecule has 0 amide bonds. The summed E-state index contributed by atoms with van der Waals surface area (Å²) in [7, 11) is 0. The van der Waals surface area contributed by atoms with Crippen molar-refractivity contribution >= 4 is 11.3 Å². The van der Waals surface area contributed by atoms with Gasteiger partial charge in [0.1, 0.15) is 10.7 Å². The van der Waals surface area contributed by atoms with E-state index in [-0.39, 0.29) is 0 Å². The Hall–Kier alpha value is -2.85. The third-order valence-corrected chi connectivity index (χ3v) is 5.42. The number of aromatic nitrogens is 3. The molecule has 3 aromatic heterocycles. The number of hydrogen-bond acceptors (Lipinski definition) is 2. The molecule has 0 fully saturated rings. The van der Waals surface area contributed by atoms with E-state index < -0.39 is 0 Å². The summed E-state index contributed by atoms with van der Waals surface area (Å²) in [6.45, 7) is 3.74. The summed E-state index contributed by atoms with van der Waals surface area (Å²) in [5.74, 6) is 0. The second-order valence-electron chi connectivity index (χ2n) is 6.35. The zero-order chi connectivity index (χ0) is 17.8. The summed E-state index contributed by atoms with van der Waals surface area (Å²) < 4.78 is 4.37. The highest BCUT2D eigenvalue weighted by Crippen LogP contribution is 2.28. The monoisotopic (exact) mass is 359 g/mol. The maximum Gasteiger partial charge on any atom is 0.191 e. The fourth-order valence-corrected chi connectivity index (χ4v) is 3.95. The van der Waals surface area contributed by atoms with Gasteiger partial charge in [-0.2, -0.15) is 9.13 Å². The molecule has 3 nitrogen and oxygen atoms in total. The van der Waals surface area contributed by atoms with Gasteiger partial charge in [0.05, 0.1) is 4.88 Å². The summed E-state index contributed by atoms with van der Waals surface area (Å²) >= 11 is 1.79. The average molecular weight is 359 g/mol. The van der Waals surface area contributed by atoms with E-state index in [2.05, 4.69) is 89.4 Å². The molecule has 0 aliphatic heterocycles. The molecule has 0 radical (unpaired) electrons. The molecular weight excluding hydrogens is 338 g/mol. The number of rotatable bonds is 5. The molecule has 0 bridgehead atoms. The number of thiazole rings is 1. The van der Waals surface area contributed by atoms with Crippen molar-refractivity contribution in [3.8, 4) is 10.6 Å². The lowest BCUT2D eigenvalue weighted by Gasteiger charge is -1.97. The summed E-state index contributed by atoms with van der Waals surface area (Å²) in [5, 5.41) is 1.09. The van der Waals surface area contributed by atoms with Gasteiger partial charge in [-0.15, -0.1) is 11.3 Å². The number of aryl methyl sites for hydroxylation is 1. The second-order valence-corrected chi connectivity index (χ2v) is 7.43. The van der Waals surface area contributed by atoms with Crippen LogP contribution in [0.1, 0.15) is 16.1 Å². The van der Waals surface area contributed by atoms with Crippen LogP contribution in [0.25, 0.3) is 10.6 Å². The third-order valence-electron chi connectivity index (χ3n) is 4.29. The highest BCUT2D eigenvalue weighted by molar-refractivity contribution is 7.15. The van der Waals surface area contributed by atoms with Crippen molar-refractivity contribution in [3.63, 3.8) is 0 Å². The first kappa shape index (κ1) is 16.6. The second kappa shape index (κ2) is 7.58. The van der Waals surface area contributed by atoms with E-state index in [1.807, 2.05) is 12.1 Å². The molecule has 4 rings (SSSR count). The van der Waals surface area contributed by atoms with Crippen molar-refractivity contribution in [1.29, 1.82) is 0 Å². The van der Waals surface area contributed by atoms with Crippen molar-refractivity contribution in [1.82, 2.24) is 4.98 Å². The molecule has 0 saturated carbocycles. The summed E-state index contributed by atoms with van der Waals surface area (Å²) in [6.07, 6.45) is 8.38. The topological polar surface area (TPSA) is 20.6 Å². The van der Waals surface area contributed by atoms with Crippen molar-refractivity contribution < 1.29 is 9.13 Å². The summed E-state index contributed by atoms with van der Waals surface area (Å²) in [5.41, 5.74) is 3.59. The van der Waals surface area contributed by atoms with Gasteiger partial charge in [0.25, 0.3) is 0 Å². The van der Waals surface area contributed by atoms with Crippen LogP contribution in [-0.4, -0.2) is 4.98 Å². The van der Waals surface area contributed by atoms with Crippen LogP contribution in [0.4, 0.5) is 0 Å². The first-order valence-electron chi connectivity index (χ1n) is 8.72. The average Bonchev–Trinajstić information content (AvgIpc) is 3.06. The van der Waals surface area contributed by atoms with Crippen LogP contribution in [0.15, 0.2) is 85.5 Å². The van der Waals surface area contributed by atoms with Crippen LogP contribution in [0.3, 0.4) is 0 Å². The minimum absolute atomic E-state index is 0.784. The Labute approximate surface area is 157 Å². The molecule has 0 unspecified atom stereocenters. The quantitative estimate of drug-likeness (QED) is 0.497. The fourth-order valence-electron chi connectivity index (χ4n) is 2.87. The number of nitrogens with zero attached hydrogens (tertiary/aromatic N) is 3. The lowest BCUT2D eigenvalue weighted by Crippen LogP contribution is -2.36. The number of pyridine rings is 2. The molecule has 4 heteroatoms. The Morgan fingerprint density at radius 1 is 0.769 bits per heavy atom. The van der Waals surface area contributed by atoms with Crippen molar-refractivity contribution in [3.05, 3.63) is 102 Å². The lowest BCUT2D eigenvalue weighted by atomic mass is 10.2. The molecule has 0 spiro atoms. The molecule has 3 heterocycles. The Morgan fingerprint density at radius 3 is 1.96 bits per heavy atom. The summed E-state index contributed by atoms with van der Waals surface area (Å²) in [4.78, 5) is 6.29. The van der Waals surface area contributed by atoms with Crippen molar-refractivity contribution in [2.75, 3.05) is 0 Å². The molecule has 26 heavy (non-hydrogen) atoms. The Morgan fingerprint density at radius 2 is 1.35 bits per heavy atom. The molecular formula is C22H21N3S+2. The minimum atomic E-state index is 0.784. The molecule has 0 aliphatic rings. The Balaban J connectivity index is 1.70. The van der Waals surface area contributed by atoms with Crippen LogP contribution in [0.2, 0.25) is 0 Å². The maximum absolute atomic E-state index is 4.99. The van der Waals surface area contributed by atoms with Crippen LogP contribution in [0, 0.1) is 6.92 Å². The molecule has 0 aliphatic carbocycles. The number of hydrogen-bond donors (Lipinski definition) is 0. The van der Waals surface area contributed by atoms with E-state index in [0.29, 0.717) is 0 Å². The van der Waals surface area contributed by atoms with E-state index in [4.69, 9.17) is 4.98 Å². The standard InChI is InChI=1S/C22H21N3S/c1-18-8-10-19(11-9-18)22-23-20(16-24-12-4-2-5-13-24)21(26-22)17-25-14-6-3-7-15-25/h2-15H,16-17H2,1H3/q+2. The zero-order valence-corrected chi connectivity index (χ0v) is 15.6. The SMILES string of the molecule is Cc1ccc(-c2nc(C[n+]3ccccc3)c(C[n+]3ccccc3)s2)cc1. The molecule has 0 N–H and O–H groups in total.